The Balaban J connectivity index is 1.50. The molecule has 0 saturated heterocycles. The van der Waals surface area contributed by atoms with Crippen molar-refractivity contribution in [1.29, 1.82) is 0 Å². The summed E-state index contributed by atoms with van der Waals surface area (Å²) in [5, 5.41) is 5.35. The monoisotopic (exact) mass is 401 g/mol. The summed E-state index contributed by atoms with van der Waals surface area (Å²) in [6.07, 6.45) is 1.51. The van der Waals surface area contributed by atoms with E-state index in [0.717, 1.165) is 10.6 Å². The molecule has 27 heavy (non-hydrogen) atoms. The number of aryl methyl sites for hydroxylation is 1. The Kier molecular flexibility index (Phi) is 6.16. The van der Waals surface area contributed by atoms with Crippen molar-refractivity contribution in [3.63, 3.8) is 0 Å². The molecule has 0 atom stereocenters. The second-order valence-electron chi connectivity index (χ2n) is 5.74. The Hall–Kier alpha value is -2.77. The van der Waals surface area contributed by atoms with Gasteiger partial charge in [0.05, 0.1) is 17.8 Å². The van der Waals surface area contributed by atoms with Crippen LogP contribution >= 0.6 is 22.9 Å². The average Bonchev–Trinajstić information content (AvgIpc) is 3.11. The summed E-state index contributed by atoms with van der Waals surface area (Å²) in [6, 6.07) is 11.3. The van der Waals surface area contributed by atoms with Gasteiger partial charge in [0.25, 0.3) is 5.91 Å². The van der Waals surface area contributed by atoms with E-state index in [9.17, 15) is 9.59 Å². The number of hydrogen-bond donors (Lipinski definition) is 1. The van der Waals surface area contributed by atoms with Gasteiger partial charge in [0.2, 0.25) is 0 Å². The standard InChI is InChI=1S/C19H16ClN3O3S/c1-12-4-6-13(7-5-12)19-22-14(11-27-19)9-17(25)26-10-16(24)23-15-3-2-8-21-18(15)20/h2-8,11H,9-10H2,1H3,(H,23,24). The summed E-state index contributed by atoms with van der Waals surface area (Å²) in [5.74, 6) is -1.01. The van der Waals surface area contributed by atoms with E-state index in [1.54, 1.807) is 12.1 Å². The lowest BCUT2D eigenvalue weighted by molar-refractivity contribution is -0.146. The van der Waals surface area contributed by atoms with Gasteiger partial charge < -0.3 is 10.1 Å². The zero-order chi connectivity index (χ0) is 19.2. The molecule has 0 bridgehead atoms. The number of pyridine rings is 1. The van der Waals surface area contributed by atoms with Crippen molar-refractivity contribution in [3.8, 4) is 10.6 Å². The molecule has 0 radical (unpaired) electrons. The number of ether oxygens (including phenoxy) is 1. The van der Waals surface area contributed by atoms with Crippen LogP contribution in [0.2, 0.25) is 5.15 Å². The van der Waals surface area contributed by atoms with E-state index in [0.29, 0.717) is 11.4 Å². The molecule has 0 aliphatic carbocycles. The van der Waals surface area contributed by atoms with E-state index >= 15 is 0 Å². The Morgan fingerprint density at radius 3 is 2.74 bits per heavy atom. The number of nitrogens with zero attached hydrogens (tertiary/aromatic N) is 2. The van der Waals surface area contributed by atoms with Crippen LogP contribution in [0.3, 0.4) is 0 Å². The fourth-order valence-corrected chi connectivity index (χ4v) is 3.22. The highest BCUT2D eigenvalue weighted by Gasteiger charge is 2.13. The first-order valence-corrected chi connectivity index (χ1v) is 9.34. The zero-order valence-electron chi connectivity index (χ0n) is 14.4. The van der Waals surface area contributed by atoms with E-state index in [1.807, 2.05) is 36.6 Å². The maximum atomic E-state index is 12.0. The number of benzene rings is 1. The van der Waals surface area contributed by atoms with E-state index in [1.165, 1.54) is 23.1 Å². The summed E-state index contributed by atoms with van der Waals surface area (Å²) in [4.78, 5) is 32.1. The lowest BCUT2D eigenvalue weighted by Gasteiger charge is -2.06. The van der Waals surface area contributed by atoms with Crippen molar-refractivity contribution in [3.05, 3.63) is 64.4 Å². The molecule has 1 amide bonds. The van der Waals surface area contributed by atoms with Crippen molar-refractivity contribution in [2.75, 3.05) is 11.9 Å². The number of halogens is 1. The Morgan fingerprint density at radius 1 is 1.22 bits per heavy atom. The maximum absolute atomic E-state index is 12.0. The third-order valence-corrected chi connectivity index (χ3v) is 4.81. The van der Waals surface area contributed by atoms with E-state index < -0.39 is 18.5 Å². The molecule has 8 heteroatoms. The van der Waals surface area contributed by atoms with Crippen LogP contribution in [0.15, 0.2) is 48.0 Å². The minimum Gasteiger partial charge on any atom is -0.455 e. The first-order valence-electron chi connectivity index (χ1n) is 8.08. The van der Waals surface area contributed by atoms with Crippen LogP contribution in [-0.4, -0.2) is 28.5 Å². The Bertz CT molecular complexity index is 957. The van der Waals surface area contributed by atoms with Gasteiger partial charge >= 0.3 is 5.97 Å². The van der Waals surface area contributed by atoms with Crippen LogP contribution in [0.4, 0.5) is 5.69 Å². The highest BCUT2D eigenvalue weighted by atomic mass is 35.5. The van der Waals surface area contributed by atoms with Gasteiger partial charge in [0.1, 0.15) is 5.01 Å². The summed E-state index contributed by atoms with van der Waals surface area (Å²) < 4.78 is 5.00. The number of anilines is 1. The summed E-state index contributed by atoms with van der Waals surface area (Å²) in [5.41, 5.74) is 3.14. The minimum atomic E-state index is -0.525. The quantitative estimate of drug-likeness (QED) is 0.500. The van der Waals surface area contributed by atoms with Crippen LogP contribution < -0.4 is 5.32 Å². The lowest BCUT2D eigenvalue weighted by Crippen LogP contribution is -2.22. The number of amides is 1. The van der Waals surface area contributed by atoms with Gasteiger partial charge in [-0.2, -0.15) is 0 Å². The average molecular weight is 402 g/mol. The molecule has 6 nitrogen and oxygen atoms in total. The van der Waals surface area contributed by atoms with E-state index in [4.69, 9.17) is 16.3 Å². The predicted molar refractivity (Wildman–Crippen MR) is 105 cm³/mol. The van der Waals surface area contributed by atoms with Gasteiger partial charge in [-0.3, -0.25) is 9.59 Å². The van der Waals surface area contributed by atoms with Gasteiger partial charge in [-0.05, 0) is 19.1 Å². The van der Waals surface area contributed by atoms with Crippen molar-refractivity contribution in [2.24, 2.45) is 0 Å². The summed E-state index contributed by atoms with van der Waals surface area (Å²) in [6.45, 7) is 1.62. The van der Waals surface area contributed by atoms with Crippen molar-refractivity contribution >= 4 is 40.5 Å². The Morgan fingerprint density at radius 2 is 2.00 bits per heavy atom. The molecule has 3 rings (SSSR count). The molecule has 1 aromatic carbocycles. The molecule has 1 N–H and O–H groups in total. The van der Waals surface area contributed by atoms with Crippen LogP contribution in [0.5, 0.6) is 0 Å². The molecule has 0 aliphatic rings. The maximum Gasteiger partial charge on any atom is 0.312 e. The normalized spacial score (nSPS) is 10.4. The molecule has 0 unspecified atom stereocenters. The van der Waals surface area contributed by atoms with Gasteiger partial charge in [-0.15, -0.1) is 11.3 Å². The number of thiazole rings is 1. The summed E-state index contributed by atoms with van der Waals surface area (Å²) >= 11 is 7.32. The third-order valence-electron chi connectivity index (χ3n) is 3.57. The molecule has 2 aromatic heterocycles. The van der Waals surface area contributed by atoms with Crippen molar-refractivity contribution < 1.29 is 14.3 Å². The van der Waals surface area contributed by atoms with Crippen molar-refractivity contribution in [1.82, 2.24) is 9.97 Å². The number of esters is 1. The molecule has 3 aromatic rings. The van der Waals surface area contributed by atoms with E-state index in [-0.39, 0.29) is 11.6 Å². The fourth-order valence-electron chi connectivity index (χ4n) is 2.23. The molecular formula is C19H16ClN3O3S. The molecule has 0 saturated carbocycles. The van der Waals surface area contributed by atoms with Crippen LogP contribution in [0, 0.1) is 6.92 Å². The number of carbonyl (C=O) groups is 2. The number of carbonyl (C=O) groups excluding carboxylic acids is 2. The molecular weight excluding hydrogens is 386 g/mol. The predicted octanol–water partition coefficient (Wildman–Crippen LogP) is 3.89. The third kappa shape index (κ3) is 5.35. The first-order chi connectivity index (χ1) is 13.0. The van der Waals surface area contributed by atoms with Crippen LogP contribution in [-0.2, 0) is 20.7 Å². The number of nitrogens with one attached hydrogen (secondary N) is 1. The molecule has 138 valence electrons. The first kappa shape index (κ1) is 19.0. The number of aromatic nitrogens is 2. The number of rotatable bonds is 6. The topological polar surface area (TPSA) is 81.2 Å². The largest absolute Gasteiger partial charge is 0.455 e. The highest BCUT2D eigenvalue weighted by Crippen LogP contribution is 2.24. The SMILES string of the molecule is Cc1ccc(-c2nc(CC(=O)OCC(=O)Nc3cccnc3Cl)cs2)cc1. The molecule has 0 aliphatic heterocycles. The second-order valence-corrected chi connectivity index (χ2v) is 6.95. The number of hydrogen-bond acceptors (Lipinski definition) is 6. The smallest absolute Gasteiger partial charge is 0.312 e. The van der Waals surface area contributed by atoms with Crippen molar-refractivity contribution in [2.45, 2.75) is 13.3 Å². The highest BCUT2D eigenvalue weighted by molar-refractivity contribution is 7.13. The van der Waals surface area contributed by atoms with Crippen LogP contribution in [0.25, 0.3) is 10.6 Å². The van der Waals surface area contributed by atoms with Gasteiger partial charge in [0.15, 0.2) is 11.8 Å². The molecule has 2 heterocycles. The second kappa shape index (κ2) is 8.75. The lowest BCUT2D eigenvalue weighted by atomic mass is 10.2. The molecule has 0 spiro atoms. The van der Waals surface area contributed by atoms with Gasteiger partial charge in [0, 0.05) is 17.1 Å². The van der Waals surface area contributed by atoms with Gasteiger partial charge in [-0.1, -0.05) is 41.4 Å². The van der Waals surface area contributed by atoms with Gasteiger partial charge in [-0.25, -0.2) is 9.97 Å². The molecule has 0 fully saturated rings. The minimum absolute atomic E-state index is 0.00326. The van der Waals surface area contributed by atoms with Crippen LogP contribution in [0.1, 0.15) is 11.3 Å². The van der Waals surface area contributed by atoms with E-state index in [2.05, 4.69) is 15.3 Å². The fraction of sp³-hybridized carbons (Fsp3) is 0.158. The summed E-state index contributed by atoms with van der Waals surface area (Å²) in [7, 11) is 0. The Labute approximate surface area is 165 Å². The zero-order valence-corrected chi connectivity index (χ0v) is 16.0.